The van der Waals surface area contributed by atoms with Crippen LogP contribution in [0.2, 0.25) is 0 Å². The second-order valence-electron chi connectivity index (χ2n) is 3.66. The molecule has 1 amide bonds. The van der Waals surface area contributed by atoms with Crippen LogP contribution in [0.4, 0.5) is 17.3 Å². The number of carbonyl (C=O) groups is 1. The molecule has 0 saturated carbocycles. The molecular weight excluding hydrogens is 264 g/mol. The smallest absolute Gasteiger partial charge is 0.270 e. The number of nitro benzene ring substituents is 1. The summed E-state index contributed by atoms with van der Waals surface area (Å²) in [6.45, 7) is 0. The Morgan fingerprint density at radius 3 is 2.60 bits per heavy atom. The predicted octanol–water partition coefficient (Wildman–Crippen LogP) is 0.923. The topological polar surface area (TPSA) is 136 Å². The van der Waals surface area contributed by atoms with Gasteiger partial charge < -0.3 is 5.43 Å². The van der Waals surface area contributed by atoms with E-state index >= 15 is 0 Å². The normalized spacial score (nSPS) is 9.85. The zero-order valence-corrected chi connectivity index (χ0v) is 10.1. The lowest BCUT2D eigenvalue weighted by atomic mass is 10.1. The third-order valence-corrected chi connectivity index (χ3v) is 2.41. The van der Waals surface area contributed by atoms with Gasteiger partial charge in [-0.05, 0) is 12.1 Å². The molecule has 2 rings (SSSR count). The number of carbonyl (C=O) groups excluding carboxylic acids is 1. The molecule has 0 aliphatic carbocycles. The molecule has 1 heterocycles. The van der Waals surface area contributed by atoms with Gasteiger partial charge in [-0.2, -0.15) is 0 Å². The van der Waals surface area contributed by atoms with Crippen LogP contribution in [0.25, 0.3) is 0 Å². The fourth-order valence-corrected chi connectivity index (χ4v) is 1.49. The van der Waals surface area contributed by atoms with Crippen molar-refractivity contribution in [3.63, 3.8) is 0 Å². The van der Waals surface area contributed by atoms with Gasteiger partial charge in [-0.1, -0.05) is 0 Å². The zero-order valence-electron chi connectivity index (χ0n) is 10.1. The molecule has 9 nitrogen and oxygen atoms in total. The summed E-state index contributed by atoms with van der Waals surface area (Å²) in [5.74, 6) is 4.76. The monoisotopic (exact) mass is 274 g/mol. The minimum Gasteiger partial charge on any atom is -0.323 e. The van der Waals surface area contributed by atoms with E-state index in [0.717, 1.165) is 6.07 Å². The first-order valence-corrected chi connectivity index (χ1v) is 5.45. The summed E-state index contributed by atoms with van der Waals surface area (Å²) in [5.41, 5.74) is 2.36. The number of benzene rings is 1. The molecule has 0 aliphatic rings. The first-order valence-electron chi connectivity index (χ1n) is 5.45. The molecule has 0 radical (unpaired) electrons. The molecule has 0 unspecified atom stereocenters. The molecule has 20 heavy (non-hydrogen) atoms. The van der Waals surface area contributed by atoms with E-state index in [0.29, 0.717) is 0 Å². The highest BCUT2D eigenvalue weighted by Gasteiger charge is 2.17. The molecule has 0 atom stereocenters. The molecular formula is C11H10N6O3. The van der Waals surface area contributed by atoms with Crippen LogP contribution in [0.3, 0.4) is 0 Å². The summed E-state index contributed by atoms with van der Waals surface area (Å²) in [5, 5.41) is 13.2. The number of anilines is 2. The second kappa shape index (κ2) is 5.71. The molecule has 0 saturated heterocycles. The number of non-ortho nitro benzene ring substituents is 1. The maximum Gasteiger partial charge on any atom is 0.270 e. The Kier molecular flexibility index (Phi) is 3.82. The maximum absolute atomic E-state index is 12.1. The third kappa shape index (κ3) is 2.84. The Morgan fingerprint density at radius 1 is 1.30 bits per heavy atom. The van der Waals surface area contributed by atoms with E-state index in [1.807, 2.05) is 0 Å². The van der Waals surface area contributed by atoms with Gasteiger partial charge >= 0.3 is 0 Å². The van der Waals surface area contributed by atoms with Gasteiger partial charge in [-0.25, -0.2) is 9.97 Å². The van der Waals surface area contributed by atoms with Crippen LogP contribution in [-0.2, 0) is 0 Å². The van der Waals surface area contributed by atoms with Crippen LogP contribution in [0.1, 0.15) is 10.4 Å². The van der Waals surface area contributed by atoms with Gasteiger partial charge in [0.25, 0.3) is 11.6 Å². The van der Waals surface area contributed by atoms with E-state index in [-0.39, 0.29) is 22.9 Å². The molecule has 2 aromatic rings. The van der Waals surface area contributed by atoms with Crippen molar-refractivity contribution in [1.29, 1.82) is 0 Å². The van der Waals surface area contributed by atoms with Crippen LogP contribution in [0.5, 0.6) is 0 Å². The van der Waals surface area contributed by atoms with Crippen molar-refractivity contribution < 1.29 is 9.72 Å². The SMILES string of the molecule is NNc1ccc([N+](=O)[O-])cc1C(=O)Nc1ncccn1. The molecule has 102 valence electrons. The summed E-state index contributed by atoms with van der Waals surface area (Å²) >= 11 is 0. The number of hydrogen-bond donors (Lipinski definition) is 3. The van der Waals surface area contributed by atoms with Gasteiger partial charge in [0.15, 0.2) is 0 Å². The van der Waals surface area contributed by atoms with Gasteiger partial charge in [0.2, 0.25) is 5.95 Å². The molecule has 9 heteroatoms. The van der Waals surface area contributed by atoms with Crippen molar-refractivity contribution in [2.75, 3.05) is 10.7 Å². The molecule has 0 bridgehead atoms. The van der Waals surface area contributed by atoms with E-state index < -0.39 is 10.8 Å². The number of hydrazine groups is 1. The molecule has 1 aromatic heterocycles. The number of amides is 1. The van der Waals surface area contributed by atoms with E-state index in [2.05, 4.69) is 20.7 Å². The number of nitrogens with two attached hydrogens (primary N) is 1. The first-order chi connectivity index (χ1) is 9.61. The minimum absolute atomic E-state index is 0.0224. The predicted molar refractivity (Wildman–Crippen MR) is 70.9 cm³/mol. The molecule has 0 fully saturated rings. The average molecular weight is 274 g/mol. The number of nitrogen functional groups attached to an aromatic ring is 1. The van der Waals surface area contributed by atoms with E-state index in [1.54, 1.807) is 6.07 Å². The highest BCUT2D eigenvalue weighted by Crippen LogP contribution is 2.22. The fourth-order valence-electron chi connectivity index (χ4n) is 1.49. The standard InChI is InChI=1S/C11H10N6O3/c12-16-9-3-2-7(17(19)20)6-8(9)10(18)15-11-13-4-1-5-14-11/h1-6,16H,12H2,(H,13,14,15,18). The molecule has 0 aliphatic heterocycles. The molecule has 1 aromatic carbocycles. The highest BCUT2D eigenvalue weighted by molar-refractivity contribution is 6.07. The van der Waals surface area contributed by atoms with Gasteiger partial charge in [0.05, 0.1) is 16.2 Å². The van der Waals surface area contributed by atoms with E-state index in [4.69, 9.17) is 5.84 Å². The van der Waals surface area contributed by atoms with Crippen LogP contribution < -0.4 is 16.6 Å². The zero-order chi connectivity index (χ0) is 14.5. The number of nitro groups is 1. The summed E-state index contributed by atoms with van der Waals surface area (Å²) in [4.78, 5) is 29.8. The lowest BCUT2D eigenvalue weighted by Gasteiger charge is -2.08. The van der Waals surface area contributed by atoms with E-state index in [9.17, 15) is 14.9 Å². The number of nitrogens with one attached hydrogen (secondary N) is 2. The highest BCUT2D eigenvalue weighted by atomic mass is 16.6. The Morgan fingerprint density at radius 2 is 2.00 bits per heavy atom. The number of rotatable bonds is 4. The third-order valence-electron chi connectivity index (χ3n) is 2.41. The van der Waals surface area contributed by atoms with Crippen molar-refractivity contribution >= 4 is 23.2 Å². The van der Waals surface area contributed by atoms with Crippen molar-refractivity contribution in [3.05, 3.63) is 52.3 Å². The Hall–Kier alpha value is -3.07. The van der Waals surface area contributed by atoms with Crippen molar-refractivity contribution in [1.82, 2.24) is 9.97 Å². The van der Waals surface area contributed by atoms with Crippen LogP contribution in [-0.4, -0.2) is 20.8 Å². The number of aromatic nitrogens is 2. The average Bonchev–Trinajstić information content (AvgIpc) is 2.47. The largest absolute Gasteiger partial charge is 0.323 e. The number of nitrogens with zero attached hydrogens (tertiary/aromatic N) is 3. The van der Waals surface area contributed by atoms with Crippen LogP contribution >= 0.6 is 0 Å². The van der Waals surface area contributed by atoms with Crippen molar-refractivity contribution in [2.24, 2.45) is 5.84 Å². The second-order valence-corrected chi connectivity index (χ2v) is 3.66. The lowest BCUT2D eigenvalue weighted by Crippen LogP contribution is -2.18. The van der Waals surface area contributed by atoms with Crippen LogP contribution in [0.15, 0.2) is 36.7 Å². The maximum atomic E-state index is 12.1. The molecule has 4 N–H and O–H groups in total. The minimum atomic E-state index is -0.604. The van der Waals surface area contributed by atoms with Gasteiger partial charge in [-0.15, -0.1) is 0 Å². The van der Waals surface area contributed by atoms with Crippen molar-refractivity contribution in [3.8, 4) is 0 Å². The van der Waals surface area contributed by atoms with E-state index in [1.165, 1.54) is 24.5 Å². The fraction of sp³-hybridized carbons (Fsp3) is 0. The Labute approximate surface area is 113 Å². The van der Waals surface area contributed by atoms with Gasteiger partial charge in [0.1, 0.15) is 0 Å². The van der Waals surface area contributed by atoms with Gasteiger partial charge in [0, 0.05) is 24.5 Å². The van der Waals surface area contributed by atoms with Gasteiger partial charge in [-0.3, -0.25) is 26.1 Å². The summed E-state index contributed by atoms with van der Waals surface area (Å²) in [6.07, 6.45) is 2.91. The lowest BCUT2D eigenvalue weighted by molar-refractivity contribution is -0.384. The quantitative estimate of drug-likeness (QED) is 0.428. The number of hydrogen-bond acceptors (Lipinski definition) is 7. The van der Waals surface area contributed by atoms with Crippen LogP contribution in [0, 0.1) is 10.1 Å². The Bertz CT molecular complexity index is 646. The molecule has 0 spiro atoms. The Balaban J connectivity index is 2.32. The van der Waals surface area contributed by atoms with Crippen molar-refractivity contribution in [2.45, 2.75) is 0 Å². The summed E-state index contributed by atoms with van der Waals surface area (Å²) < 4.78 is 0. The first kappa shape index (κ1) is 13.4. The summed E-state index contributed by atoms with van der Waals surface area (Å²) in [6, 6.07) is 5.30. The summed E-state index contributed by atoms with van der Waals surface area (Å²) in [7, 11) is 0.